The molecule has 0 aliphatic carbocycles. The number of sulfone groups is 1. The van der Waals surface area contributed by atoms with Crippen LogP contribution in [0.4, 0.5) is 22.0 Å². The summed E-state index contributed by atoms with van der Waals surface area (Å²) < 4.78 is 101. The maximum absolute atomic E-state index is 15.1. The SMILES string of the molecule is COc1ccc(CS(=O)(=O)[C@@H]2C[C@@H](C(=O)C[C@H](C(=O)C(F)(F)C(=O)NCC(F)(F)F)C(C)C)N(C(=O)[C@H](Cc3ccc(Cl)c(Cl)c3)NC(=O)c3ccccn3)C2)cc1. The first-order valence-corrected chi connectivity index (χ1v) is 20.1. The van der Waals surface area contributed by atoms with Gasteiger partial charge in [0.15, 0.2) is 15.6 Å². The molecule has 0 unspecified atom stereocenters. The van der Waals surface area contributed by atoms with E-state index in [0.717, 1.165) is 10.2 Å². The van der Waals surface area contributed by atoms with Crippen molar-refractivity contribution in [1.82, 2.24) is 20.5 Å². The fourth-order valence-corrected chi connectivity index (χ4v) is 8.41. The molecule has 3 aromatic rings. The van der Waals surface area contributed by atoms with Gasteiger partial charge in [0.2, 0.25) is 11.7 Å². The Morgan fingerprint density at radius 2 is 1.60 bits per heavy atom. The Bertz CT molecular complexity index is 2110. The Morgan fingerprint density at radius 3 is 2.17 bits per heavy atom. The highest BCUT2D eigenvalue weighted by Crippen LogP contribution is 2.33. The Balaban J connectivity index is 1.72. The Morgan fingerprint density at radius 1 is 0.948 bits per heavy atom. The van der Waals surface area contributed by atoms with Crippen LogP contribution in [0.15, 0.2) is 66.9 Å². The minimum absolute atomic E-state index is 0.0954. The first kappa shape index (κ1) is 46.0. The monoisotopic (exact) mass is 876 g/mol. The maximum Gasteiger partial charge on any atom is 0.405 e. The lowest BCUT2D eigenvalue weighted by molar-refractivity contribution is -0.167. The number of ketones is 2. The van der Waals surface area contributed by atoms with Crippen molar-refractivity contribution in [2.45, 2.75) is 68.3 Å². The summed E-state index contributed by atoms with van der Waals surface area (Å²) >= 11 is 12.3. The molecule has 2 heterocycles. The molecule has 1 aromatic heterocycles. The average Bonchev–Trinajstić information content (AvgIpc) is 3.63. The second kappa shape index (κ2) is 18.9. The van der Waals surface area contributed by atoms with E-state index >= 15 is 8.78 Å². The number of alkyl halides is 5. The molecule has 20 heteroatoms. The van der Waals surface area contributed by atoms with Gasteiger partial charge in [-0.1, -0.05) is 61.3 Å². The number of hydrogen-bond acceptors (Lipinski definition) is 9. The fourth-order valence-electron chi connectivity index (χ4n) is 6.33. The van der Waals surface area contributed by atoms with Gasteiger partial charge in [0, 0.05) is 31.5 Å². The lowest BCUT2D eigenvalue weighted by Crippen LogP contribution is -2.54. The van der Waals surface area contributed by atoms with Gasteiger partial charge in [0.1, 0.15) is 24.0 Å². The number of pyridine rings is 1. The number of hydrogen-bond donors (Lipinski definition) is 2. The van der Waals surface area contributed by atoms with Crippen molar-refractivity contribution in [3.63, 3.8) is 0 Å². The first-order valence-electron chi connectivity index (χ1n) is 17.6. The number of Topliss-reactive ketones (excluding diaryl/α,β-unsaturated/α-hetero) is 2. The Hall–Kier alpha value is -4.68. The summed E-state index contributed by atoms with van der Waals surface area (Å²) in [6, 6.07) is 11.7. The molecule has 1 aliphatic heterocycles. The molecule has 58 heavy (non-hydrogen) atoms. The minimum Gasteiger partial charge on any atom is -0.497 e. The van der Waals surface area contributed by atoms with E-state index in [9.17, 15) is 45.6 Å². The van der Waals surface area contributed by atoms with E-state index in [0.29, 0.717) is 16.9 Å². The van der Waals surface area contributed by atoms with Gasteiger partial charge in [-0.2, -0.15) is 22.0 Å². The summed E-state index contributed by atoms with van der Waals surface area (Å²) in [5, 5.41) is 2.43. The topological polar surface area (TPSA) is 169 Å². The number of nitrogens with one attached hydrogen (secondary N) is 2. The number of carbonyl (C=O) groups is 5. The minimum atomic E-state index is -5.07. The van der Waals surface area contributed by atoms with E-state index in [2.05, 4.69) is 10.3 Å². The number of nitrogens with zero attached hydrogens (tertiary/aromatic N) is 2. The van der Waals surface area contributed by atoms with E-state index < -0.39 is 112 Å². The van der Waals surface area contributed by atoms with Crippen LogP contribution in [0.5, 0.6) is 5.75 Å². The molecule has 4 atom stereocenters. The van der Waals surface area contributed by atoms with Crippen LogP contribution in [-0.4, -0.2) is 97.2 Å². The van der Waals surface area contributed by atoms with Crippen molar-refractivity contribution >= 4 is 62.3 Å². The standard InChI is InChI=1S/C38H39Cl2F5N4O8S/c1-21(2)26(33(51)38(44,45)36(54)47-20-37(41,42)43)17-32(50)31-16-25(58(55,56)19-22-7-10-24(57-3)11-8-22)18-49(31)35(53)30(15-23-9-12-27(39)28(40)14-23)48-34(52)29-6-4-5-13-46-29/h4-14,21,25-26,30-31H,15-20H2,1-3H3,(H,47,54)(H,48,52)/t25-,26+,30+,31+/m1/s1. The predicted octanol–water partition coefficient (Wildman–Crippen LogP) is 5.44. The normalized spacial score (nSPS) is 17.1. The molecule has 1 fully saturated rings. The van der Waals surface area contributed by atoms with E-state index in [-0.39, 0.29) is 22.2 Å². The second-order valence-electron chi connectivity index (χ2n) is 14.0. The van der Waals surface area contributed by atoms with E-state index in [1.54, 1.807) is 6.07 Å². The summed E-state index contributed by atoms with van der Waals surface area (Å²) in [5.41, 5.74) is 0.628. The number of methoxy groups -OCH3 is 1. The van der Waals surface area contributed by atoms with Crippen molar-refractivity contribution in [3.05, 3.63) is 93.7 Å². The van der Waals surface area contributed by atoms with Crippen molar-refractivity contribution in [2.24, 2.45) is 11.8 Å². The van der Waals surface area contributed by atoms with Crippen molar-refractivity contribution in [2.75, 3.05) is 20.2 Å². The number of benzene rings is 2. The van der Waals surface area contributed by atoms with Crippen LogP contribution in [-0.2, 0) is 41.2 Å². The number of halogens is 7. The van der Waals surface area contributed by atoms with Gasteiger partial charge in [-0.3, -0.25) is 29.0 Å². The van der Waals surface area contributed by atoms with Crippen LogP contribution < -0.4 is 15.4 Å². The molecule has 4 rings (SSSR count). The molecule has 0 radical (unpaired) electrons. The highest BCUT2D eigenvalue weighted by molar-refractivity contribution is 7.91. The quantitative estimate of drug-likeness (QED) is 0.133. The first-order chi connectivity index (χ1) is 27.0. The molecule has 0 spiro atoms. The van der Waals surface area contributed by atoms with Crippen LogP contribution in [0.2, 0.25) is 10.0 Å². The molecule has 12 nitrogen and oxygen atoms in total. The molecule has 3 amide bonds. The smallest absolute Gasteiger partial charge is 0.405 e. The summed E-state index contributed by atoms with van der Waals surface area (Å²) in [6.45, 7) is -0.216. The maximum atomic E-state index is 15.1. The van der Waals surface area contributed by atoms with Crippen LogP contribution in [0, 0.1) is 11.8 Å². The molecule has 0 saturated carbocycles. The Labute approximate surface area is 340 Å². The lowest BCUT2D eigenvalue weighted by atomic mass is 9.82. The van der Waals surface area contributed by atoms with Gasteiger partial charge >= 0.3 is 12.1 Å². The summed E-state index contributed by atoms with van der Waals surface area (Å²) in [4.78, 5) is 72.2. The molecule has 314 valence electrons. The van der Waals surface area contributed by atoms with Crippen LogP contribution in [0.3, 0.4) is 0 Å². The fraction of sp³-hybridized carbons (Fsp3) is 0.421. The average molecular weight is 878 g/mol. The number of rotatable bonds is 17. The zero-order valence-corrected chi connectivity index (χ0v) is 33.5. The van der Waals surface area contributed by atoms with Crippen LogP contribution in [0.25, 0.3) is 0 Å². The van der Waals surface area contributed by atoms with Gasteiger partial charge in [-0.05, 0) is 59.9 Å². The molecule has 0 bridgehead atoms. The van der Waals surface area contributed by atoms with Gasteiger partial charge in [0.25, 0.3) is 11.8 Å². The van der Waals surface area contributed by atoms with Crippen LogP contribution in [0.1, 0.15) is 48.3 Å². The molecule has 1 aliphatic rings. The zero-order valence-electron chi connectivity index (χ0n) is 31.2. The third-order valence-corrected chi connectivity index (χ3v) is 12.3. The highest BCUT2D eigenvalue weighted by Gasteiger charge is 2.53. The second-order valence-corrected chi connectivity index (χ2v) is 17.1. The van der Waals surface area contributed by atoms with E-state index in [4.69, 9.17) is 27.9 Å². The largest absolute Gasteiger partial charge is 0.497 e. The van der Waals surface area contributed by atoms with Gasteiger partial charge in [0.05, 0.1) is 34.2 Å². The van der Waals surface area contributed by atoms with Crippen molar-refractivity contribution in [1.29, 1.82) is 0 Å². The zero-order chi connectivity index (χ0) is 43.2. The molecule has 2 aromatic carbocycles. The number of ether oxygens (including phenoxy) is 1. The molecular weight excluding hydrogens is 838 g/mol. The van der Waals surface area contributed by atoms with Gasteiger partial charge in [-0.25, -0.2) is 8.42 Å². The number of amides is 3. The van der Waals surface area contributed by atoms with Gasteiger partial charge in [-0.15, -0.1) is 0 Å². The third kappa shape index (κ3) is 11.7. The lowest BCUT2D eigenvalue weighted by Gasteiger charge is -2.30. The predicted molar refractivity (Wildman–Crippen MR) is 202 cm³/mol. The van der Waals surface area contributed by atoms with E-state index in [1.807, 2.05) is 0 Å². The summed E-state index contributed by atoms with van der Waals surface area (Å²) in [7, 11) is -2.77. The molecule has 1 saturated heterocycles. The van der Waals surface area contributed by atoms with E-state index in [1.165, 1.54) is 81.8 Å². The molecule has 2 N–H and O–H groups in total. The van der Waals surface area contributed by atoms with Gasteiger partial charge < -0.3 is 20.3 Å². The number of carbonyl (C=O) groups excluding carboxylic acids is 5. The van der Waals surface area contributed by atoms with Crippen LogP contribution >= 0.6 is 23.2 Å². The number of aromatic nitrogens is 1. The highest BCUT2D eigenvalue weighted by atomic mass is 35.5. The summed E-state index contributed by atoms with van der Waals surface area (Å²) in [6.07, 6.45) is -5.59. The summed E-state index contributed by atoms with van der Waals surface area (Å²) in [5.74, 6) is -15.6. The number of likely N-dealkylation sites (tertiary alicyclic amines) is 1. The van der Waals surface area contributed by atoms with Crippen molar-refractivity contribution < 1.29 is 59.1 Å². The third-order valence-electron chi connectivity index (χ3n) is 9.48. The van der Waals surface area contributed by atoms with Crippen molar-refractivity contribution in [3.8, 4) is 5.75 Å². The Kier molecular flexibility index (Phi) is 15.0. The molecular formula is C38H39Cl2F5N4O8S.